The van der Waals surface area contributed by atoms with Crippen LogP contribution in [0.5, 0.6) is 0 Å². The molecular formula is C14H13BrIN3O. The number of hydrogen-bond acceptors (Lipinski definition) is 3. The van der Waals surface area contributed by atoms with Crippen molar-refractivity contribution in [3.8, 4) is 0 Å². The van der Waals surface area contributed by atoms with Crippen molar-refractivity contribution < 1.29 is 4.79 Å². The fourth-order valence-electron chi connectivity index (χ4n) is 1.74. The van der Waals surface area contributed by atoms with Crippen LogP contribution in [0.25, 0.3) is 0 Å². The molecule has 104 valence electrons. The number of amides is 1. The van der Waals surface area contributed by atoms with Crippen LogP contribution in [-0.4, -0.2) is 5.91 Å². The number of carbonyl (C=O) groups excluding carboxylic acids is 1. The Morgan fingerprint density at radius 3 is 2.65 bits per heavy atom. The normalized spacial score (nSPS) is 10.2. The highest BCUT2D eigenvalue weighted by atomic mass is 127. The Morgan fingerprint density at radius 1 is 1.25 bits per heavy atom. The van der Waals surface area contributed by atoms with Gasteiger partial charge in [-0.05, 0) is 75.8 Å². The molecule has 2 aromatic rings. The van der Waals surface area contributed by atoms with Gasteiger partial charge >= 0.3 is 0 Å². The molecule has 0 fully saturated rings. The van der Waals surface area contributed by atoms with Gasteiger partial charge in [0.25, 0.3) is 5.91 Å². The molecule has 6 heteroatoms. The molecule has 0 spiro atoms. The third kappa shape index (κ3) is 3.50. The van der Waals surface area contributed by atoms with E-state index in [1.807, 2.05) is 31.2 Å². The Bertz CT molecular complexity index is 661. The molecule has 4 N–H and O–H groups in total. The lowest BCUT2D eigenvalue weighted by atomic mass is 10.1. The van der Waals surface area contributed by atoms with Crippen LogP contribution in [0.2, 0.25) is 0 Å². The first-order valence-corrected chi connectivity index (χ1v) is 7.72. The second kappa shape index (κ2) is 6.55. The number of hydrazine groups is 1. The molecule has 0 bridgehead atoms. The molecule has 20 heavy (non-hydrogen) atoms. The maximum Gasteiger partial charge on any atom is 0.257 e. The minimum Gasteiger partial charge on any atom is -0.323 e. The zero-order valence-corrected chi connectivity index (χ0v) is 14.4. The Labute approximate surface area is 139 Å². The molecular weight excluding hydrogens is 433 g/mol. The smallest absolute Gasteiger partial charge is 0.257 e. The van der Waals surface area contributed by atoms with Gasteiger partial charge in [0, 0.05) is 13.7 Å². The number of nitrogens with two attached hydrogens (primary N) is 1. The summed E-state index contributed by atoms with van der Waals surface area (Å²) in [6.45, 7) is 1.93. The maximum absolute atomic E-state index is 12.3. The molecule has 0 saturated carbocycles. The minimum atomic E-state index is -0.199. The van der Waals surface area contributed by atoms with Gasteiger partial charge in [0.2, 0.25) is 0 Å². The van der Waals surface area contributed by atoms with Crippen molar-refractivity contribution in [2.75, 3.05) is 10.7 Å². The molecule has 0 aliphatic heterocycles. The van der Waals surface area contributed by atoms with E-state index in [4.69, 9.17) is 5.84 Å². The number of nitrogen functional groups attached to an aromatic ring is 1. The largest absolute Gasteiger partial charge is 0.323 e. The van der Waals surface area contributed by atoms with E-state index < -0.39 is 0 Å². The molecule has 0 heterocycles. The highest BCUT2D eigenvalue weighted by Gasteiger charge is 2.12. The van der Waals surface area contributed by atoms with Crippen molar-refractivity contribution >= 4 is 55.8 Å². The lowest BCUT2D eigenvalue weighted by Crippen LogP contribution is -2.17. The van der Waals surface area contributed by atoms with Crippen molar-refractivity contribution in [2.45, 2.75) is 6.92 Å². The van der Waals surface area contributed by atoms with Gasteiger partial charge in [-0.3, -0.25) is 10.6 Å². The summed E-state index contributed by atoms with van der Waals surface area (Å²) in [7, 11) is 0. The van der Waals surface area contributed by atoms with E-state index in [1.54, 1.807) is 12.1 Å². The van der Waals surface area contributed by atoms with Crippen LogP contribution in [0.1, 0.15) is 15.9 Å². The number of hydrogen-bond donors (Lipinski definition) is 3. The lowest BCUT2D eigenvalue weighted by molar-refractivity contribution is 0.102. The maximum atomic E-state index is 12.3. The van der Waals surface area contributed by atoms with E-state index in [0.29, 0.717) is 11.3 Å². The number of halogens is 2. The van der Waals surface area contributed by atoms with E-state index >= 15 is 0 Å². The van der Waals surface area contributed by atoms with Gasteiger partial charge in [0.1, 0.15) is 0 Å². The van der Waals surface area contributed by atoms with Crippen LogP contribution >= 0.6 is 38.5 Å². The third-order valence-corrected chi connectivity index (χ3v) is 5.09. The van der Waals surface area contributed by atoms with E-state index in [-0.39, 0.29) is 5.91 Å². The summed E-state index contributed by atoms with van der Waals surface area (Å²) < 4.78 is 2.03. The summed E-state index contributed by atoms with van der Waals surface area (Å²) in [5.74, 6) is 5.24. The zero-order valence-electron chi connectivity index (χ0n) is 10.7. The highest BCUT2D eigenvalue weighted by Crippen LogP contribution is 2.24. The van der Waals surface area contributed by atoms with Crippen LogP contribution in [0.15, 0.2) is 40.9 Å². The fourth-order valence-corrected chi connectivity index (χ4v) is 2.46. The Kier molecular flexibility index (Phi) is 5.00. The van der Waals surface area contributed by atoms with Crippen LogP contribution in [0.4, 0.5) is 11.4 Å². The van der Waals surface area contributed by atoms with Crippen molar-refractivity contribution in [2.24, 2.45) is 5.84 Å². The monoisotopic (exact) mass is 445 g/mol. The van der Waals surface area contributed by atoms with Gasteiger partial charge in [0.05, 0.1) is 11.3 Å². The summed E-state index contributed by atoms with van der Waals surface area (Å²) in [5, 5.41) is 2.86. The summed E-state index contributed by atoms with van der Waals surface area (Å²) in [6, 6.07) is 11.1. The zero-order chi connectivity index (χ0) is 14.7. The number of rotatable bonds is 3. The van der Waals surface area contributed by atoms with Crippen LogP contribution in [-0.2, 0) is 0 Å². The molecule has 0 aromatic heterocycles. The fraction of sp³-hybridized carbons (Fsp3) is 0.0714. The average Bonchev–Trinajstić information content (AvgIpc) is 2.43. The Morgan fingerprint density at radius 2 is 2.00 bits per heavy atom. The Balaban J connectivity index is 2.27. The molecule has 2 aromatic carbocycles. The van der Waals surface area contributed by atoms with Crippen molar-refractivity contribution in [3.63, 3.8) is 0 Å². The molecule has 0 atom stereocenters. The third-order valence-electron chi connectivity index (χ3n) is 2.75. The predicted molar refractivity (Wildman–Crippen MR) is 93.8 cm³/mol. The van der Waals surface area contributed by atoms with E-state index in [1.165, 1.54) is 0 Å². The first-order chi connectivity index (χ1) is 9.51. The van der Waals surface area contributed by atoms with Gasteiger partial charge < -0.3 is 10.7 Å². The number of benzene rings is 2. The molecule has 0 unspecified atom stereocenters. The number of carbonyl (C=O) groups is 1. The molecule has 0 saturated heterocycles. The first kappa shape index (κ1) is 15.3. The Hall–Kier alpha value is -1.12. The molecule has 2 rings (SSSR count). The van der Waals surface area contributed by atoms with Crippen molar-refractivity contribution in [1.82, 2.24) is 0 Å². The van der Waals surface area contributed by atoms with Crippen LogP contribution in [0, 0.1) is 10.5 Å². The first-order valence-electron chi connectivity index (χ1n) is 5.85. The summed E-state index contributed by atoms with van der Waals surface area (Å²) in [5.41, 5.74) is 5.38. The molecule has 1 amide bonds. The van der Waals surface area contributed by atoms with Gasteiger partial charge in [-0.2, -0.15) is 0 Å². The number of nitrogens with one attached hydrogen (secondary N) is 2. The highest BCUT2D eigenvalue weighted by molar-refractivity contribution is 14.1. The predicted octanol–water partition coefficient (Wildman–Crippen LogP) is 3.90. The molecule has 0 aliphatic rings. The lowest BCUT2D eigenvalue weighted by Gasteiger charge is -2.11. The molecule has 0 radical (unpaired) electrons. The van der Waals surface area contributed by atoms with Crippen LogP contribution < -0.4 is 16.6 Å². The molecule has 0 aliphatic carbocycles. The van der Waals surface area contributed by atoms with Crippen molar-refractivity contribution in [1.29, 1.82) is 0 Å². The van der Waals surface area contributed by atoms with E-state index in [9.17, 15) is 4.79 Å². The van der Waals surface area contributed by atoms with E-state index in [0.717, 1.165) is 19.3 Å². The minimum absolute atomic E-state index is 0.199. The topological polar surface area (TPSA) is 67.1 Å². The van der Waals surface area contributed by atoms with E-state index in [2.05, 4.69) is 49.3 Å². The van der Waals surface area contributed by atoms with Crippen LogP contribution in [0.3, 0.4) is 0 Å². The summed E-state index contributed by atoms with van der Waals surface area (Å²) in [6.07, 6.45) is 0. The van der Waals surface area contributed by atoms with Crippen molar-refractivity contribution in [3.05, 3.63) is 55.6 Å². The number of anilines is 2. The summed E-state index contributed by atoms with van der Waals surface area (Å²) >= 11 is 5.66. The summed E-state index contributed by atoms with van der Waals surface area (Å²) in [4.78, 5) is 12.3. The van der Waals surface area contributed by atoms with Gasteiger partial charge in [0.15, 0.2) is 0 Å². The SMILES string of the molecule is Cc1ccc(NN)c(C(=O)Nc2ccc(I)c(Br)c2)c1. The second-order valence-corrected chi connectivity index (χ2v) is 6.29. The standard InChI is InChI=1S/C14H13BrIN3O/c1-8-2-5-13(19-17)10(6-8)14(20)18-9-3-4-12(16)11(15)7-9/h2-7,19H,17H2,1H3,(H,18,20). The van der Waals surface area contributed by atoms with Gasteiger partial charge in [-0.1, -0.05) is 11.6 Å². The second-order valence-electron chi connectivity index (χ2n) is 4.28. The average molecular weight is 446 g/mol. The molecule has 4 nitrogen and oxygen atoms in total. The van der Waals surface area contributed by atoms with Gasteiger partial charge in [-0.15, -0.1) is 0 Å². The number of aryl methyl sites for hydroxylation is 1. The van der Waals surface area contributed by atoms with Gasteiger partial charge in [-0.25, -0.2) is 0 Å². The quantitative estimate of drug-likeness (QED) is 0.381.